The molecule has 1 unspecified atom stereocenters. The highest BCUT2D eigenvalue weighted by Gasteiger charge is 2.49. The lowest BCUT2D eigenvalue weighted by atomic mass is 10.0. The molecule has 0 amide bonds. The van der Waals surface area contributed by atoms with Crippen molar-refractivity contribution in [2.75, 3.05) is 14.2 Å². The van der Waals surface area contributed by atoms with Gasteiger partial charge >= 0.3 is 5.97 Å². The molecule has 1 aliphatic heterocycles. The summed E-state index contributed by atoms with van der Waals surface area (Å²) in [5.41, 5.74) is 0.575. The van der Waals surface area contributed by atoms with Gasteiger partial charge in [0.05, 0.1) is 30.9 Å². The third kappa shape index (κ3) is 2.15. The summed E-state index contributed by atoms with van der Waals surface area (Å²) in [6.07, 6.45) is 0. The molecule has 6 nitrogen and oxygen atoms in total. The molecular formula is C14H10Cl2N2O4. The number of ether oxygens (including phenoxy) is 3. The highest BCUT2D eigenvalue weighted by Crippen LogP contribution is 2.46. The zero-order valence-electron chi connectivity index (χ0n) is 11.6. The molecule has 1 aromatic carbocycles. The molecule has 0 spiro atoms. The van der Waals surface area contributed by atoms with Gasteiger partial charge in [-0.3, -0.25) is 0 Å². The second kappa shape index (κ2) is 5.30. The van der Waals surface area contributed by atoms with E-state index >= 15 is 0 Å². The van der Waals surface area contributed by atoms with Gasteiger partial charge in [-0.1, -0.05) is 35.3 Å². The predicted molar refractivity (Wildman–Crippen MR) is 78.6 cm³/mol. The maximum atomic E-state index is 12.1. The first kappa shape index (κ1) is 14.9. The van der Waals surface area contributed by atoms with Gasteiger partial charge in [0.15, 0.2) is 0 Å². The highest BCUT2D eigenvalue weighted by atomic mass is 35.5. The largest absolute Gasteiger partial charge is 0.481 e. The molecule has 0 fully saturated rings. The monoisotopic (exact) mass is 340 g/mol. The van der Waals surface area contributed by atoms with Crippen LogP contribution in [0.4, 0.5) is 0 Å². The average Bonchev–Trinajstić information content (AvgIpc) is 2.80. The zero-order chi connectivity index (χ0) is 15.9. The van der Waals surface area contributed by atoms with Gasteiger partial charge in [0.1, 0.15) is 0 Å². The molecule has 0 bridgehead atoms. The van der Waals surface area contributed by atoms with Crippen LogP contribution in [0.5, 0.6) is 11.8 Å². The first-order valence-corrected chi connectivity index (χ1v) is 6.94. The Bertz CT molecular complexity index is 746. The number of alkyl halides is 1. The van der Waals surface area contributed by atoms with Crippen LogP contribution in [-0.2, 0) is 9.80 Å². The van der Waals surface area contributed by atoms with Crippen molar-refractivity contribution in [3.8, 4) is 11.8 Å². The summed E-state index contributed by atoms with van der Waals surface area (Å²) >= 11 is 12.6. The number of nitrogens with zero attached hydrogens (tertiary/aromatic N) is 2. The maximum absolute atomic E-state index is 12.1. The Morgan fingerprint density at radius 1 is 1.18 bits per heavy atom. The van der Waals surface area contributed by atoms with Crippen molar-refractivity contribution in [3.05, 3.63) is 46.2 Å². The van der Waals surface area contributed by atoms with Crippen molar-refractivity contribution in [1.82, 2.24) is 9.97 Å². The molecule has 22 heavy (non-hydrogen) atoms. The van der Waals surface area contributed by atoms with Crippen LogP contribution in [0.25, 0.3) is 0 Å². The molecule has 114 valence electrons. The fourth-order valence-corrected chi connectivity index (χ4v) is 2.72. The van der Waals surface area contributed by atoms with Gasteiger partial charge in [-0.15, -0.1) is 0 Å². The standard InChI is InChI=1S/C14H10Cl2N2O4/c1-20-9-6-10(21-2)18-13(17-9)14(16)7-4-3-5-8(15)11(7)12(19)22-14/h3-6H,1-2H3. The number of carbonyl (C=O) groups is 1. The number of benzene rings is 1. The normalized spacial score (nSPS) is 19.5. The first-order chi connectivity index (χ1) is 10.5. The number of hydrogen-bond acceptors (Lipinski definition) is 6. The summed E-state index contributed by atoms with van der Waals surface area (Å²) in [5, 5.41) is -1.43. The second-order valence-electron chi connectivity index (χ2n) is 4.42. The van der Waals surface area contributed by atoms with E-state index in [4.69, 9.17) is 37.4 Å². The topological polar surface area (TPSA) is 70.5 Å². The lowest BCUT2D eigenvalue weighted by Gasteiger charge is -2.20. The Kier molecular flexibility index (Phi) is 3.58. The van der Waals surface area contributed by atoms with Crippen molar-refractivity contribution in [3.63, 3.8) is 0 Å². The molecule has 3 rings (SSSR count). The molecule has 2 heterocycles. The van der Waals surface area contributed by atoms with Gasteiger partial charge in [-0.2, -0.15) is 9.97 Å². The van der Waals surface area contributed by atoms with Crippen LogP contribution in [-0.4, -0.2) is 30.2 Å². The van der Waals surface area contributed by atoms with E-state index in [2.05, 4.69) is 9.97 Å². The Balaban J connectivity index is 2.21. The fraction of sp³-hybridized carbons (Fsp3) is 0.214. The first-order valence-electron chi connectivity index (χ1n) is 6.18. The molecule has 0 aliphatic carbocycles. The highest BCUT2D eigenvalue weighted by molar-refractivity contribution is 6.35. The summed E-state index contributed by atoms with van der Waals surface area (Å²) in [5.74, 6) is -0.150. The number of esters is 1. The van der Waals surface area contributed by atoms with Crippen LogP contribution < -0.4 is 9.47 Å². The van der Waals surface area contributed by atoms with E-state index in [-0.39, 0.29) is 28.2 Å². The lowest BCUT2D eigenvalue weighted by molar-refractivity contribution is 0.0344. The predicted octanol–water partition coefficient (Wildman–Crippen LogP) is 2.76. The van der Waals surface area contributed by atoms with Gasteiger partial charge in [0, 0.05) is 5.56 Å². The molecule has 0 N–H and O–H groups in total. The zero-order valence-corrected chi connectivity index (χ0v) is 13.1. The molecule has 1 aromatic heterocycles. The smallest absolute Gasteiger partial charge is 0.342 e. The van der Waals surface area contributed by atoms with Crippen LogP contribution in [0.3, 0.4) is 0 Å². The second-order valence-corrected chi connectivity index (χ2v) is 5.36. The summed E-state index contributed by atoms with van der Waals surface area (Å²) in [4.78, 5) is 20.4. The number of carbonyl (C=O) groups excluding carboxylic acids is 1. The number of methoxy groups -OCH3 is 2. The third-order valence-corrected chi connectivity index (χ3v) is 3.95. The molecular weight excluding hydrogens is 331 g/mol. The number of halogens is 2. The van der Waals surface area contributed by atoms with Crippen LogP contribution in [0.2, 0.25) is 5.02 Å². The molecule has 1 atom stereocenters. The fourth-order valence-electron chi connectivity index (χ4n) is 2.16. The summed E-state index contributed by atoms with van der Waals surface area (Å²) in [6.45, 7) is 0. The van der Waals surface area contributed by atoms with Crippen molar-refractivity contribution < 1.29 is 19.0 Å². The average molecular weight is 341 g/mol. The minimum Gasteiger partial charge on any atom is -0.481 e. The maximum Gasteiger partial charge on any atom is 0.342 e. The number of hydrogen-bond donors (Lipinski definition) is 0. The van der Waals surface area contributed by atoms with Crippen molar-refractivity contribution >= 4 is 29.2 Å². The van der Waals surface area contributed by atoms with Crippen LogP contribution in [0.1, 0.15) is 21.7 Å². The van der Waals surface area contributed by atoms with Crippen LogP contribution in [0.15, 0.2) is 24.3 Å². The van der Waals surface area contributed by atoms with E-state index in [0.29, 0.717) is 5.56 Å². The van der Waals surface area contributed by atoms with E-state index < -0.39 is 11.0 Å². The van der Waals surface area contributed by atoms with E-state index in [9.17, 15) is 4.79 Å². The quantitative estimate of drug-likeness (QED) is 0.632. The van der Waals surface area contributed by atoms with Gasteiger partial charge in [0.25, 0.3) is 5.06 Å². The summed E-state index contributed by atoms with van der Waals surface area (Å²) in [6, 6.07) is 6.36. The lowest BCUT2D eigenvalue weighted by Crippen LogP contribution is -2.24. The summed E-state index contributed by atoms with van der Waals surface area (Å²) < 4.78 is 15.5. The van der Waals surface area contributed by atoms with Crippen molar-refractivity contribution in [1.29, 1.82) is 0 Å². The molecule has 2 aromatic rings. The number of fused-ring (bicyclic) bond motifs is 1. The van der Waals surface area contributed by atoms with Gasteiger partial charge in [-0.05, 0) is 6.07 Å². The van der Waals surface area contributed by atoms with E-state index in [1.54, 1.807) is 18.2 Å². The minimum atomic E-state index is -1.68. The Labute approximate surface area is 135 Å². The van der Waals surface area contributed by atoms with E-state index in [1.807, 2.05) is 0 Å². The SMILES string of the molecule is COc1cc(OC)nc(C2(Cl)OC(=O)c3c(Cl)cccc32)n1. The number of cyclic esters (lactones) is 1. The Hall–Kier alpha value is -2.05. The van der Waals surface area contributed by atoms with Crippen molar-refractivity contribution in [2.45, 2.75) is 5.06 Å². The number of aromatic nitrogens is 2. The van der Waals surface area contributed by atoms with Crippen molar-refractivity contribution in [2.24, 2.45) is 0 Å². The Morgan fingerprint density at radius 2 is 1.82 bits per heavy atom. The molecule has 8 heteroatoms. The van der Waals surface area contributed by atoms with Crippen LogP contribution in [0, 0.1) is 0 Å². The molecule has 0 saturated carbocycles. The molecule has 1 aliphatic rings. The Morgan fingerprint density at radius 3 is 2.41 bits per heavy atom. The van der Waals surface area contributed by atoms with E-state index in [0.717, 1.165) is 0 Å². The molecule has 0 saturated heterocycles. The molecule has 0 radical (unpaired) electrons. The van der Waals surface area contributed by atoms with Gasteiger partial charge in [0.2, 0.25) is 17.6 Å². The minimum absolute atomic E-state index is 0.0275. The summed E-state index contributed by atoms with van der Waals surface area (Å²) in [7, 11) is 2.88. The van der Waals surface area contributed by atoms with Gasteiger partial charge < -0.3 is 14.2 Å². The van der Waals surface area contributed by atoms with Gasteiger partial charge in [-0.25, -0.2) is 4.79 Å². The number of rotatable bonds is 3. The van der Waals surface area contributed by atoms with E-state index in [1.165, 1.54) is 20.3 Å². The third-order valence-electron chi connectivity index (χ3n) is 3.18. The van der Waals surface area contributed by atoms with Crippen LogP contribution >= 0.6 is 23.2 Å².